The number of aliphatic hydroxyl groups is 1. The fourth-order valence-electron chi connectivity index (χ4n) is 4.19. The van der Waals surface area contributed by atoms with Gasteiger partial charge in [-0.25, -0.2) is 4.79 Å². The van der Waals surface area contributed by atoms with Crippen LogP contribution in [0.25, 0.3) is 0 Å². The van der Waals surface area contributed by atoms with E-state index in [0.717, 1.165) is 22.4 Å². The van der Waals surface area contributed by atoms with Crippen LogP contribution in [0.3, 0.4) is 0 Å². The molecule has 4 nitrogen and oxygen atoms in total. The summed E-state index contributed by atoms with van der Waals surface area (Å²) in [5.41, 5.74) is 1.22. The zero-order chi connectivity index (χ0) is 21.4. The van der Waals surface area contributed by atoms with Gasteiger partial charge >= 0.3 is 6.09 Å². The van der Waals surface area contributed by atoms with Crippen molar-refractivity contribution in [2.75, 3.05) is 4.90 Å². The first kappa shape index (κ1) is 20.2. The SMILES string of the molecule is CC(C)(C)OC(=O)N1c2ccccc2C[C@@H]1C(O)(c1ccccc1)c1ccccc1. The van der Waals surface area contributed by atoms with E-state index in [1.54, 1.807) is 4.90 Å². The second-order valence-corrected chi connectivity index (χ2v) is 8.70. The molecule has 0 spiro atoms. The monoisotopic (exact) mass is 401 g/mol. The highest BCUT2D eigenvalue weighted by Gasteiger charge is 2.50. The minimum Gasteiger partial charge on any atom is -0.443 e. The third-order valence-electron chi connectivity index (χ3n) is 5.48. The summed E-state index contributed by atoms with van der Waals surface area (Å²) in [6, 6.07) is 26.3. The number of ether oxygens (including phenoxy) is 1. The van der Waals surface area contributed by atoms with Gasteiger partial charge in [0.2, 0.25) is 0 Å². The smallest absolute Gasteiger partial charge is 0.415 e. The molecule has 1 heterocycles. The van der Waals surface area contributed by atoms with Gasteiger partial charge in [0.25, 0.3) is 0 Å². The molecule has 0 radical (unpaired) electrons. The third-order valence-corrected chi connectivity index (χ3v) is 5.48. The summed E-state index contributed by atoms with van der Waals surface area (Å²) in [6.45, 7) is 5.55. The van der Waals surface area contributed by atoms with Gasteiger partial charge in [-0.2, -0.15) is 0 Å². The van der Waals surface area contributed by atoms with Crippen molar-refractivity contribution in [2.45, 2.75) is 44.4 Å². The van der Waals surface area contributed by atoms with Crippen LogP contribution in [0.1, 0.15) is 37.5 Å². The molecule has 1 N–H and O–H groups in total. The Balaban J connectivity index is 1.88. The van der Waals surface area contributed by atoms with E-state index in [2.05, 4.69) is 0 Å². The molecule has 154 valence electrons. The Bertz CT molecular complexity index is 985. The van der Waals surface area contributed by atoms with E-state index in [9.17, 15) is 9.90 Å². The van der Waals surface area contributed by atoms with Crippen molar-refractivity contribution in [3.8, 4) is 0 Å². The quantitative estimate of drug-likeness (QED) is 0.649. The highest BCUT2D eigenvalue weighted by Crippen LogP contribution is 2.44. The summed E-state index contributed by atoms with van der Waals surface area (Å²) < 4.78 is 5.75. The Hall–Kier alpha value is -3.11. The number of rotatable bonds is 3. The van der Waals surface area contributed by atoms with Crippen LogP contribution >= 0.6 is 0 Å². The maximum Gasteiger partial charge on any atom is 0.415 e. The normalized spacial score (nSPS) is 16.3. The van der Waals surface area contributed by atoms with Gasteiger partial charge in [0.1, 0.15) is 11.2 Å². The summed E-state index contributed by atoms with van der Waals surface area (Å²) >= 11 is 0. The molecule has 3 aromatic carbocycles. The minimum absolute atomic E-state index is 0.456. The summed E-state index contributed by atoms with van der Waals surface area (Å²) in [4.78, 5) is 15.0. The van der Waals surface area contributed by atoms with Crippen LogP contribution in [0.4, 0.5) is 10.5 Å². The number of para-hydroxylation sites is 1. The summed E-state index contributed by atoms with van der Waals surface area (Å²) in [5, 5.41) is 12.3. The van der Waals surface area contributed by atoms with Crippen LogP contribution in [-0.4, -0.2) is 22.8 Å². The molecule has 0 aromatic heterocycles. The molecular formula is C26H27NO3. The maximum atomic E-state index is 13.3. The first-order valence-corrected chi connectivity index (χ1v) is 10.2. The molecule has 0 aliphatic carbocycles. The highest BCUT2D eigenvalue weighted by atomic mass is 16.6. The lowest BCUT2D eigenvalue weighted by Gasteiger charge is -2.40. The minimum atomic E-state index is -1.40. The second kappa shape index (κ2) is 7.62. The van der Waals surface area contributed by atoms with Crippen molar-refractivity contribution in [2.24, 2.45) is 0 Å². The van der Waals surface area contributed by atoms with Crippen LogP contribution in [0, 0.1) is 0 Å². The molecule has 1 aliphatic heterocycles. The molecule has 1 amide bonds. The molecule has 0 fully saturated rings. The number of fused-ring (bicyclic) bond motifs is 1. The molecule has 0 saturated heterocycles. The van der Waals surface area contributed by atoms with Crippen LogP contribution < -0.4 is 4.90 Å². The zero-order valence-corrected chi connectivity index (χ0v) is 17.6. The largest absolute Gasteiger partial charge is 0.443 e. The topological polar surface area (TPSA) is 49.8 Å². The number of amides is 1. The predicted octanol–water partition coefficient (Wildman–Crippen LogP) is 5.29. The molecule has 30 heavy (non-hydrogen) atoms. The van der Waals surface area contributed by atoms with Gasteiger partial charge in [-0.1, -0.05) is 78.9 Å². The second-order valence-electron chi connectivity index (χ2n) is 8.70. The average molecular weight is 402 g/mol. The average Bonchev–Trinajstić information content (AvgIpc) is 3.13. The fourth-order valence-corrected chi connectivity index (χ4v) is 4.19. The number of hydrogen-bond acceptors (Lipinski definition) is 3. The Kier molecular flexibility index (Phi) is 5.12. The maximum absolute atomic E-state index is 13.3. The molecule has 4 rings (SSSR count). The molecule has 1 atom stereocenters. The van der Waals surface area contributed by atoms with E-state index in [-0.39, 0.29) is 0 Å². The Morgan fingerprint density at radius 3 is 1.90 bits per heavy atom. The van der Waals surface area contributed by atoms with E-state index in [0.29, 0.717) is 6.42 Å². The zero-order valence-electron chi connectivity index (χ0n) is 17.6. The van der Waals surface area contributed by atoms with E-state index >= 15 is 0 Å². The third kappa shape index (κ3) is 3.59. The van der Waals surface area contributed by atoms with Gasteiger partial charge in [0.05, 0.1) is 11.7 Å². The lowest BCUT2D eigenvalue weighted by atomic mass is 9.78. The molecule has 0 unspecified atom stereocenters. The first-order valence-electron chi connectivity index (χ1n) is 10.2. The number of carbonyl (C=O) groups excluding carboxylic acids is 1. The van der Waals surface area contributed by atoms with Crippen LogP contribution in [0.5, 0.6) is 0 Å². The summed E-state index contributed by atoms with van der Waals surface area (Å²) in [7, 11) is 0. The van der Waals surface area contributed by atoms with Gasteiger partial charge in [-0.15, -0.1) is 0 Å². The van der Waals surface area contributed by atoms with Crippen LogP contribution in [0.15, 0.2) is 84.9 Å². The van der Waals surface area contributed by atoms with Crippen molar-refractivity contribution in [1.29, 1.82) is 0 Å². The van der Waals surface area contributed by atoms with Crippen LogP contribution in [0.2, 0.25) is 0 Å². The Morgan fingerprint density at radius 1 is 0.867 bits per heavy atom. The van der Waals surface area contributed by atoms with E-state index < -0.39 is 23.3 Å². The van der Waals surface area contributed by atoms with Crippen molar-refractivity contribution < 1.29 is 14.6 Å². The molecular weight excluding hydrogens is 374 g/mol. The lowest BCUT2D eigenvalue weighted by Crippen LogP contribution is -2.53. The Labute approximate surface area is 177 Å². The number of anilines is 1. The van der Waals surface area contributed by atoms with Gasteiger partial charge in [0, 0.05) is 0 Å². The lowest BCUT2D eigenvalue weighted by molar-refractivity contribution is 0.0317. The van der Waals surface area contributed by atoms with Crippen molar-refractivity contribution >= 4 is 11.8 Å². The Morgan fingerprint density at radius 2 is 1.37 bits per heavy atom. The van der Waals surface area contributed by atoms with Crippen molar-refractivity contribution in [3.05, 3.63) is 102 Å². The molecule has 4 heteroatoms. The van der Waals surface area contributed by atoms with Gasteiger partial charge in [-0.3, -0.25) is 4.90 Å². The van der Waals surface area contributed by atoms with Gasteiger partial charge in [0.15, 0.2) is 0 Å². The number of hydrogen-bond donors (Lipinski definition) is 1. The molecule has 3 aromatic rings. The van der Waals surface area contributed by atoms with Gasteiger partial charge < -0.3 is 9.84 Å². The highest BCUT2D eigenvalue weighted by molar-refractivity contribution is 5.92. The van der Waals surface area contributed by atoms with Crippen molar-refractivity contribution in [1.82, 2.24) is 0 Å². The number of benzene rings is 3. The van der Waals surface area contributed by atoms with Gasteiger partial charge in [-0.05, 0) is 49.9 Å². The number of nitrogens with zero attached hydrogens (tertiary/aromatic N) is 1. The summed E-state index contributed by atoms with van der Waals surface area (Å²) in [5.74, 6) is 0. The molecule has 0 saturated carbocycles. The van der Waals surface area contributed by atoms with Crippen molar-refractivity contribution in [3.63, 3.8) is 0 Å². The molecule has 0 bridgehead atoms. The predicted molar refractivity (Wildman–Crippen MR) is 119 cm³/mol. The van der Waals surface area contributed by atoms with E-state index in [4.69, 9.17) is 4.74 Å². The number of carbonyl (C=O) groups is 1. The van der Waals surface area contributed by atoms with E-state index in [1.165, 1.54) is 0 Å². The fraction of sp³-hybridized carbons (Fsp3) is 0.269. The molecule has 1 aliphatic rings. The van der Waals surface area contributed by atoms with Crippen LogP contribution in [-0.2, 0) is 16.8 Å². The standard InChI is InChI=1S/C26H27NO3/c1-25(2,3)30-24(28)27-22-17-11-10-12-19(22)18-23(27)26(29,20-13-6-4-7-14-20)21-15-8-5-9-16-21/h4-17,23,29H,18H2,1-3H3/t23-/m1/s1. The first-order chi connectivity index (χ1) is 14.3. The van der Waals surface area contributed by atoms with E-state index in [1.807, 2.05) is 106 Å². The summed E-state index contributed by atoms with van der Waals surface area (Å²) in [6.07, 6.45) is 0.0677.